The van der Waals surface area contributed by atoms with Gasteiger partial charge in [0.25, 0.3) is 0 Å². The van der Waals surface area contributed by atoms with Crippen LogP contribution in [0.3, 0.4) is 0 Å². The average molecular weight is 273 g/mol. The second-order valence-electron chi connectivity index (χ2n) is 5.61. The fourth-order valence-corrected chi connectivity index (χ4v) is 3.01. The van der Waals surface area contributed by atoms with Crippen LogP contribution in [0.5, 0.6) is 0 Å². The summed E-state index contributed by atoms with van der Waals surface area (Å²) in [4.78, 5) is 6.67. The van der Waals surface area contributed by atoms with Crippen LogP contribution in [0.15, 0.2) is 35.3 Å². The van der Waals surface area contributed by atoms with Gasteiger partial charge in [-0.15, -0.1) is 0 Å². The highest BCUT2D eigenvalue weighted by atomic mass is 16.5. The normalized spacial score (nSPS) is 26.4. The summed E-state index contributed by atoms with van der Waals surface area (Å²) in [6.07, 6.45) is 2.58. The van der Waals surface area contributed by atoms with Crippen molar-refractivity contribution in [1.29, 1.82) is 0 Å². The molecule has 0 aromatic heterocycles. The Kier molecular flexibility index (Phi) is 4.21. The Labute approximate surface area is 120 Å². The van der Waals surface area contributed by atoms with Crippen LogP contribution in [-0.2, 0) is 4.74 Å². The molecule has 2 heterocycles. The molecule has 108 valence electrons. The van der Waals surface area contributed by atoms with E-state index in [4.69, 9.17) is 4.74 Å². The second kappa shape index (κ2) is 6.27. The van der Waals surface area contributed by atoms with Gasteiger partial charge in [0.05, 0.1) is 12.6 Å². The van der Waals surface area contributed by atoms with E-state index in [9.17, 15) is 0 Å². The molecule has 1 aromatic rings. The van der Waals surface area contributed by atoms with E-state index in [1.807, 2.05) is 0 Å². The van der Waals surface area contributed by atoms with Crippen molar-refractivity contribution < 1.29 is 4.74 Å². The second-order valence-corrected chi connectivity index (χ2v) is 5.61. The lowest BCUT2D eigenvalue weighted by Crippen LogP contribution is -2.40. The average Bonchev–Trinajstić information content (AvgIpc) is 2.92. The summed E-state index contributed by atoms with van der Waals surface area (Å²) in [5.41, 5.74) is 1.29. The van der Waals surface area contributed by atoms with E-state index in [2.05, 4.69) is 52.6 Å². The predicted octanol–water partition coefficient (Wildman–Crippen LogP) is 2.05. The molecule has 3 rings (SSSR count). The van der Waals surface area contributed by atoms with Crippen molar-refractivity contribution in [3.63, 3.8) is 0 Å². The molecule has 1 N–H and O–H groups in total. The van der Waals surface area contributed by atoms with Crippen molar-refractivity contribution in [2.24, 2.45) is 10.9 Å². The number of benzene rings is 1. The zero-order valence-corrected chi connectivity index (χ0v) is 12.1. The van der Waals surface area contributed by atoms with Gasteiger partial charge in [-0.3, -0.25) is 4.99 Å². The Balaban J connectivity index is 1.64. The first-order valence-corrected chi connectivity index (χ1v) is 7.50. The lowest BCUT2D eigenvalue weighted by Gasteiger charge is -2.33. The van der Waals surface area contributed by atoms with Crippen LogP contribution in [0.25, 0.3) is 0 Å². The van der Waals surface area contributed by atoms with Gasteiger partial charge in [0.1, 0.15) is 0 Å². The first-order valence-electron chi connectivity index (χ1n) is 7.50. The molecule has 1 saturated heterocycles. The van der Waals surface area contributed by atoms with E-state index in [0.717, 1.165) is 38.6 Å². The number of rotatable bonds is 3. The topological polar surface area (TPSA) is 36.9 Å². The molecular formula is C16H23N3O. The van der Waals surface area contributed by atoms with Crippen molar-refractivity contribution in [2.75, 3.05) is 33.3 Å². The van der Waals surface area contributed by atoms with Crippen molar-refractivity contribution in [3.05, 3.63) is 35.9 Å². The monoisotopic (exact) mass is 273 g/mol. The van der Waals surface area contributed by atoms with Gasteiger partial charge in [0.2, 0.25) is 0 Å². The summed E-state index contributed by atoms with van der Waals surface area (Å²) in [5.74, 6) is 1.55. The third kappa shape index (κ3) is 2.96. The summed E-state index contributed by atoms with van der Waals surface area (Å²) in [7, 11) is 2.09. The van der Waals surface area contributed by atoms with Gasteiger partial charge >= 0.3 is 0 Å². The number of hydrogen-bond acceptors (Lipinski definition) is 4. The fourth-order valence-electron chi connectivity index (χ4n) is 3.01. The van der Waals surface area contributed by atoms with Gasteiger partial charge in [-0.05, 0) is 18.4 Å². The van der Waals surface area contributed by atoms with Gasteiger partial charge in [0, 0.05) is 32.7 Å². The standard InChI is InChI=1S/C16H23N3O/c1-19-10-9-17-16(19)18-12-14-8-5-11-20-15(14)13-6-3-2-4-7-13/h2-4,6-7,14-15H,5,8-12H2,1H3,(H,17,18). The maximum Gasteiger partial charge on any atom is 0.193 e. The number of nitrogens with zero attached hydrogens (tertiary/aromatic N) is 2. The zero-order valence-electron chi connectivity index (χ0n) is 12.1. The Hall–Kier alpha value is -1.55. The van der Waals surface area contributed by atoms with E-state index in [0.29, 0.717) is 5.92 Å². The molecule has 20 heavy (non-hydrogen) atoms. The highest BCUT2D eigenvalue weighted by molar-refractivity contribution is 5.81. The number of likely N-dealkylation sites (N-methyl/N-ethyl adjacent to an activating group) is 1. The molecule has 0 saturated carbocycles. The summed E-state index contributed by atoms with van der Waals surface area (Å²) in [6.45, 7) is 3.73. The third-order valence-corrected chi connectivity index (χ3v) is 4.15. The van der Waals surface area contributed by atoms with Crippen LogP contribution in [-0.4, -0.2) is 44.1 Å². The molecule has 2 unspecified atom stereocenters. The van der Waals surface area contributed by atoms with Crippen molar-refractivity contribution in [2.45, 2.75) is 18.9 Å². The minimum Gasteiger partial charge on any atom is -0.373 e. The van der Waals surface area contributed by atoms with E-state index < -0.39 is 0 Å². The number of nitrogens with one attached hydrogen (secondary N) is 1. The Morgan fingerprint density at radius 1 is 1.35 bits per heavy atom. The maximum atomic E-state index is 6.03. The van der Waals surface area contributed by atoms with E-state index >= 15 is 0 Å². The predicted molar refractivity (Wildman–Crippen MR) is 80.8 cm³/mol. The van der Waals surface area contributed by atoms with Crippen LogP contribution >= 0.6 is 0 Å². The Morgan fingerprint density at radius 2 is 2.20 bits per heavy atom. The SMILES string of the molecule is CN1CCN=C1NCC1CCCOC1c1ccccc1. The number of guanidine groups is 1. The fraction of sp³-hybridized carbons (Fsp3) is 0.562. The van der Waals surface area contributed by atoms with Crippen molar-refractivity contribution >= 4 is 5.96 Å². The van der Waals surface area contributed by atoms with Gasteiger partial charge < -0.3 is 15.0 Å². The molecule has 0 amide bonds. The van der Waals surface area contributed by atoms with Crippen LogP contribution in [0.4, 0.5) is 0 Å². The van der Waals surface area contributed by atoms with Crippen molar-refractivity contribution in [1.82, 2.24) is 10.2 Å². The molecule has 4 heteroatoms. The third-order valence-electron chi connectivity index (χ3n) is 4.15. The molecule has 0 spiro atoms. The Morgan fingerprint density at radius 3 is 2.95 bits per heavy atom. The number of hydrogen-bond donors (Lipinski definition) is 1. The first-order chi connectivity index (χ1) is 9.84. The lowest BCUT2D eigenvalue weighted by atomic mass is 9.89. The van der Waals surface area contributed by atoms with Crippen LogP contribution < -0.4 is 5.32 Å². The smallest absolute Gasteiger partial charge is 0.193 e. The van der Waals surface area contributed by atoms with Crippen LogP contribution in [0, 0.1) is 5.92 Å². The molecule has 0 aliphatic carbocycles. The van der Waals surface area contributed by atoms with E-state index in [1.54, 1.807) is 0 Å². The zero-order chi connectivity index (χ0) is 13.8. The molecule has 0 bridgehead atoms. The summed E-state index contributed by atoms with van der Waals surface area (Å²) >= 11 is 0. The van der Waals surface area contributed by atoms with E-state index in [-0.39, 0.29) is 6.10 Å². The minimum atomic E-state index is 0.213. The highest BCUT2D eigenvalue weighted by Crippen LogP contribution is 2.33. The Bertz CT molecular complexity index is 460. The summed E-state index contributed by atoms with van der Waals surface area (Å²) in [5, 5.41) is 3.50. The van der Waals surface area contributed by atoms with E-state index in [1.165, 1.54) is 12.0 Å². The summed E-state index contributed by atoms with van der Waals surface area (Å²) < 4.78 is 6.03. The molecular weight excluding hydrogens is 250 g/mol. The molecule has 2 aliphatic heterocycles. The minimum absolute atomic E-state index is 0.213. The first kappa shape index (κ1) is 13.4. The molecule has 1 fully saturated rings. The number of aliphatic imine (C=N–C) groups is 1. The van der Waals surface area contributed by atoms with Crippen LogP contribution in [0.1, 0.15) is 24.5 Å². The van der Waals surface area contributed by atoms with Gasteiger partial charge in [-0.2, -0.15) is 0 Å². The molecule has 0 radical (unpaired) electrons. The van der Waals surface area contributed by atoms with Gasteiger partial charge in [0.15, 0.2) is 5.96 Å². The molecule has 2 aliphatic rings. The van der Waals surface area contributed by atoms with Gasteiger partial charge in [-0.1, -0.05) is 30.3 Å². The highest BCUT2D eigenvalue weighted by Gasteiger charge is 2.28. The summed E-state index contributed by atoms with van der Waals surface area (Å²) in [6, 6.07) is 10.6. The molecule has 2 atom stereocenters. The molecule has 1 aromatic carbocycles. The lowest BCUT2D eigenvalue weighted by molar-refractivity contribution is -0.0266. The van der Waals surface area contributed by atoms with Crippen LogP contribution in [0.2, 0.25) is 0 Å². The number of ether oxygens (including phenoxy) is 1. The largest absolute Gasteiger partial charge is 0.373 e. The molecule has 4 nitrogen and oxygen atoms in total. The van der Waals surface area contributed by atoms with Gasteiger partial charge in [-0.25, -0.2) is 0 Å². The van der Waals surface area contributed by atoms with Crippen molar-refractivity contribution in [3.8, 4) is 0 Å². The maximum absolute atomic E-state index is 6.03. The quantitative estimate of drug-likeness (QED) is 0.915.